The van der Waals surface area contributed by atoms with Gasteiger partial charge in [-0.25, -0.2) is 10.3 Å². The molecular weight excluding hydrogens is 220 g/mol. The predicted octanol–water partition coefficient (Wildman–Crippen LogP) is 1.93. The fraction of sp³-hybridized carbons (Fsp3) is 0.917. The lowest BCUT2D eigenvalue weighted by Gasteiger charge is -2.28. The Morgan fingerprint density at radius 2 is 2.18 bits per heavy atom. The first-order chi connectivity index (χ1) is 7.94. The number of rotatable bonds is 4. The third-order valence-electron chi connectivity index (χ3n) is 2.70. The van der Waals surface area contributed by atoms with Crippen molar-refractivity contribution >= 4 is 6.09 Å². The van der Waals surface area contributed by atoms with E-state index in [1.165, 1.54) is 0 Å². The number of ether oxygens (including phenoxy) is 1. The van der Waals surface area contributed by atoms with Gasteiger partial charge in [0.05, 0.1) is 6.61 Å². The van der Waals surface area contributed by atoms with Crippen LogP contribution in [0, 0.1) is 0 Å². The Labute approximate surface area is 103 Å². The SMILES string of the molecule is CNOCCC1CCCN1C(=O)OC(C)(C)C. The fourth-order valence-electron chi connectivity index (χ4n) is 1.99. The van der Waals surface area contributed by atoms with E-state index in [0.29, 0.717) is 6.61 Å². The summed E-state index contributed by atoms with van der Waals surface area (Å²) in [7, 11) is 1.74. The van der Waals surface area contributed by atoms with E-state index in [1.54, 1.807) is 7.05 Å². The van der Waals surface area contributed by atoms with Gasteiger partial charge in [-0.3, -0.25) is 0 Å². The van der Waals surface area contributed by atoms with Crippen LogP contribution < -0.4 is 5.48 Å². The van der Waals surface area contributed by atoms with Crippen molar-refractivity contribution in [1.29, 1.82) is 0 Å². The molecule has 0 aromatic carbocycles. The number of carbonyl (C=O) groups excluding carboxylic acids is 1. The Hall–Kier alpha value is -0.810. The minimum Gasteiger partial charge on any atom is -0.444 e. The fourth-order valence-corrected chi connectivity index (χ4v) is 1.99. The molecule has 1 heterocycles. The summed E-state index contributed by atoms with van der Waals surface area (Å²) in [6.45, 7) is 7.07. The van der Waals surface area contributed by atoms with Gasteiger partial charge in [-0.2, -0.15) is 0 Å². The van der Waals surface area contributed by atoms with E-state index in [-0.39, 0.29) is 12.1 Å². The van der Waals surface area contributed by atoms with Gasteiger partial charge in [-0.15, -0.1) is 0 Å². The van der Waals surface area contributed by atoms with Crippen LogP contribution in [0.15, 0.2) is 0 Å². The van der Waals surface area contributed by atoms with Crippen molar-refractivity contribution in [3.05, 3.63) is 0 Å². The molecule has 1 saturated heterocycles. The number of hydrogen-bond acceptors (Lipinski definition) is 4. The quantitative estimate of drug-likeness (QED) is 0.606. The highest BCUT2D eigenvalue weighted by atomic mass is 16.6. The maximum atomic E-state index is 12.0. The second-order valence-corrected chi connectivity index (χ2v) is 5.31. The van der Waals surface area contributed by atoms with Crippen LogP contribution in [-0.2, 0) is 9.57 Å². The summed E-state index contributed by atoms with van der Waals surface area (Å²) in [6.07, 6.45) is 2.72. The maximum Gasteiger partial charge on any atom is 0.410 e. The van der Waals surface area contributed by atoms with E-state index < -0.39 is 5.60 Å². The molecule has 1 N–H and O–H groups in total. The van der Waals surface area contributed by atoms with E-state index in [1.807, 2.05) is 25.7 Å². The van der Waals surface area contributed by atoms with Crippen molar-refractivity contribution in [2.45, 2.75) is 51.7 Å². The molecule has 1 aliphatic heterocycles. The summed E-state index contributed by atoms with van der Waals surface area (Å²) in [6, 6.07) is 0.248. The van der Waals surface area contributed by atoms with Crippen LogP contribution in [0.1, 0.15) is 40.0 Å². The smallest absolute Gasteiger partial charge is 0.410 e. The molecule has 1 fully saturated rings. The Bertz CT molecular complexity index is 251. The molecule has 5 nitrogen and oxygen atoms in total. The first-order valence-corrected chi connectivity index (χ1v) is 6.22. The lowest BCUT2D eigenvalue weighted by Crippen LogP contribution is -2.40. The Kier molecular flexibility index (Phi) is 5.21. The summed E-state index contributed by atoms with van der Waals surface area (Å²) < 4.78 is 5.39. The average Bonchev–Trinajstić information content (AvgIpc) is 2.64. The van der Waals surface area contributed by atoms with Crippen LogP contribution in [0.3, 0.4) is 0 Å². The van der Waals surface area contributed by atoms with Crippen LogP contribution in [-0.4, -0.2) is 42.8 Å². The number of carbonyl (C=O) groups is 1. The molecule has 0 aliphatic carbocycles. The highest BCUT2D eigenvalue weighted by Gasteiger charge is 2.31. The molecule has 0 aromatic rings. The van der Waals surface area contributed by atoms with E-state index >= 15 is 0 Å². The van der Waals surface area contributed by atoms with Crippen molar-refractivity contribution in [2.24, 2.45) is 0 Å². The van der Waals surface area contributed by atoms with E-state index in [0.717, 1.165) is 25.8 Å². The van der Waals surface area contributed by atoms with Crippen LogP contribution in [0.25, 0.3) is 0 Å². The summed E-state index contributed by atoms with van der Waals surface area (Å²) >= 11 is 0. The normalized spacial score (nSPS) is 20.7. The lowest BCUT2D eigenvalue weighted by molar-refractivity contribution is 0.0134. The van der Waals surface area contributed by atoms with Crippen LogP contribution >= 0.6 is 0 Å². The van der Waals surface area contributed by atoms with Crippen molar-refractivity contribution in [3.63, 3.8) is 0 Å². The van der Waals surface area contributed by atoms with Crippen LogP contribution in [0.5, 0.6) is 0 Å². The lowest BCUT2D eigenvalue weighted by atomic mass is 10.1. The molecule has 5 heteroatoms. The molecule has 1 atom stereocenters. The van der Waals surface area contributed by atoms with Crippen molar-refractivity contribution in [2.75, 3.05) is 20.2 Å². The summed E-state index contributed by atoms with van der Waals surface area (Å²) in [4.78, 5) is 18.9. The number of amides is 1. The van der Waals surface area contributed by atoms with Crippen molar-refractivity contribution in [1.82, 2.24) is 10.4 Å². The molecule has 1 amide bonds. The van der Waals surface area contributed by atoms with Gasteiger partial charge in [0.15, 0.2) is 0 Å². The number of hydroxylamine groups is 1. The number of likely N-dealkylation sites (tertiary alicyclic amines) is 1. The molecule has 1 rings (SSSR count). The molecule has 100 valence electrons. The van der Waals surface area contributed by atoms with Gasteiger partial charge in [-0.1, -0.05) is 0 Å². The Morgan fingerprint density at radius 3 is 2.76 bits per heavy atom. The van der Waals surface area contributed by atoms with E-state index in [2.05, 4.69) is 5.48 Å². The highest BCUT2D eigenvalue weighted by molar-refractivity contribution is 5.68. The average molecular weight is 244 g/mol. The minimum absolute atomic E-state index is 0.204. The zero-order valence-electron chi connectivity index (χ0n) is 11.3. The minimum atomic E-state index is -0.425. The molecule has 1 aliphatic rings. The second-order valence-electron chi connectivity index (χ2n) is 5.31. The first kappa shape index (κ1) is 14.3. The second kappa shape index (κ2) is 6.21. The van der Waals surface area contributed by atoms with Gasteiger partial charge >= 0.3 is 6.09 Å². The monoisotopic (exact) mass is 244 g/mol. The predicted molar refractivity (Wildman–Crippen MR) is 65.6 cm³/mol. The summed E-state index contributed by atoms with van der Waals surface area (Å²) in [5.41, 5.74) is 2.21. The van der Waals surface area contributed by atoms with Gasteiger partial charge < -0.3 is 14.5 Å². The largest absolute Gasteiger partial charge is 0.444 e. The summed E-state index contributed by atoms with van der Waals surface area (Å²) in [5, 5.41) is 0. The van der Waals surface area contributed by atoms with Crippen molar-refractivity contribution in [3.8, 4) is 0 Å². The number of hydrogen-bond donors (Lipinski definition) is 1. The van der Waals surface area contributed by atoms with E-state index in [4.69, 9.17) is 9.57 Å². The molecular formula is C12H24N2O3. The molecule has 0 aromatic heterocycles. The molecule has 0 bridgehead atoms. The molecule has 0 radical (unpaired) electrons. The molecule has 1 unspecified atom stereocenters. The van der Waals surface area contributed by atoms with Gasteiger partial charge in [0.25, 0.3) is 0 Å². The van der Waals surface area contributed by atoms with Crippen LogP contribution in [0.4, 0.5) is 4.79 Å². The molecule has 0 spiro atoms. The van der Waals surface area contributed by atoms with Gasteiger partial charge in [0.2, 0.25) is 0 Å². The zero-order chi connectivity index (χ0) is 12.9. The number of nitrogens with zero attached hydrogens (tertiary/aromatic N) is 1. The van der Waals surface area contributed by atoms with Gasteiger partial charge in [0, 0.05) is 19.6 Å². The van der Waals surface area contributed by atoms with Gasteiger partial charge in [-0.05, 0) is 40.0 Å². The molecule has 17 heavy (non-hydrogen) atoms. The highest BCUT2D eigenvalue weighted by Crippen LogP contribution is 2.22. The van der Waals surface area contributed by atoms with Crippen LogP contribution in [0.2, 0.25) is 0 Å². The zero-order valence-corrected chi connectivity index (χ0v) is 11.3. The third kappa shape index (κ3) is 4.91. The number of nitrogens with one attached hydrogen (secondary N) is 1. The topological polar surface area (TPSA) is 50.8 Å². The Balaban J connectivity index is 2.42. The maximum absolute atomic E-state index is 12.0. The van der Waals surface area contributed by atoms with Crippen molar-refractivity contribution < 1.29 is 14.4 Å². The standard InChI is InChI=1S/C12H24N2O3/c1-12(2,3)17-11(15)14-8-5-6-10(14)7-9-16-13-4/h10,13H,5-9H2,1-4H3. The van der Waals surface area contributed by atoms with Gasteiger partial charge in [0.1, 0.15) is 5.60 Å². The summed E-state index contributed by atoms with van der Waals surface area (Å²) in [5.74, 6) is 0. The molecule has 0 saturated carbocycles. The third-order valence-corrected chi connectivity index (χ3v) is 2.70. The Morgan fingerprint density at radius 1 is 1.47 bits per heavy atom. The van der Waals surface area contributed by atoms with E-state index in [9.17, 15) is 4.79 Å². The first-order valence-electron chi connectivity index (χ1n) is 6.22.